The van der Waals surface area contributed by atoms with E-state index in [4.69, 9.17) is 4.74 Å². The van der Waals surface area contributed by atoms with Crippen LogP contribution < -0.4 is 0 Å². The lowest BCUT2D eigenvalue weighted by molar-refractivity contribution is -0.170. The summed E-state index contributed by atoms with van der Waals surface area (Å²) >= 11 is 8.50. The quantitative estimate of drug-likeness (QED) is 0.0381. The van der Waals surface area contributed by atoms with Crippen molar-refractivity contribution in [1.82, 2.24) is 0 Å². The fraction of sp³-hybridized carbons (Fsp3) is 0.702. The van der Waals surface area contributed by atoms with E-state index in [9.17, 15) is 24.9 Å². The van der Waals surface area contributed by atoms with Gasteiger partial charge in [0.25, 0.3) is 0 Å². The van der Waals surface area contributed by atoms with Gasteiger partial charge in [0.1, 0.15) is 11.5 Å². The van der Waals surface area contributed by atoms with Crippen LogP contribution in [-0.4, -0.2) is 31.5 Å². The molecule has 0 saturated heterocycles. The van der Waals surface area contributed by atoms with Gasteiger partial charge >= 0.3 is 11.9 Å². The lowest BCUT2D eigenvalue weighted by Crippen LogP contribution is -2.46. The molecule has 0 saturated carbocycles. The Morgan fingerprint density at radius 2 is 0.782 bits per heavy atom. The number of hydrogen-bond donors (Lipinski definition) is 5. The summed E-state index contributed by atoms with van der Waals surface area (Å²) in [6, 6.07) is 7.14. The maximum atomic E-state index is 14.0. The van der Waals surface area contributed by atoms with Crippen LogP contribution in [0.25, 0.3) is 0 Å². The lowest BCUT2D eigenvalue weighted by atomic mass is 9.71. The molecule has 0 spiro atoms. The van der Waals surface area contributed by atoms with Crippen molar-refractivity contribution in [2.45, 2.75) is 207 Å². The van der Waals surface area contributed by atoms with Crippen LogP contribution in [0.15, 0.2) is 24.3 Å². The number of rotatable bonds is 16. The number of phenolic OH excluding ortho intramolecular Hbond substituents is 2. The van der Waals surface area contributed by atoms with E-state index in [1.54, 1.807) is 24.3 Å². The van der Waals surface area contributed by atoms with Crippen molar-refractivity contribution in [3.8, 4) is 11.5 Å². The molecule has 0 aliphatic heterocycles. The molecule has 0 aromatic heterocycles. The van der Waals surface area contributed by atoms with Crippen LogP contribution in [0.3, 0.4) is 0 Å². The number of ether oxygens (including phenoxy) is 1. The highest BCUT2D eigenvalue weighted by atomic mass is 32.2. The van der Waals surface area contributed by atoms with E-state index in [-0.39, 0.29) is 24.3 Å². The van der Waals surface area contributed by atoms with E-state index in [1.807, 2.05) is 83.1 Å². The number of carbonyl (C=O) groups is 2. The molecule has 0 unspecified atom stereocenters. The van der Waals surface area contributed by atoms with Crippen molar-refractivity contribution in [1.29, 1.82) is 0 Å². The number of carboxylic acids is 1. The zero-order chi connectivity index (χ0) is 42.8. The third kappa shape index (κ3) is 15.9. The van der Waals surface area contributed by atoms with Crippen molar-refractivity contribution in [3.05, 3.63) is 57.6 Å². The fourth-order valence-electron chi connectivity index (χ4n) is 6.86. The van der Waals surface area contributed by atoms with Gasteiger partial charge in [0.15, 0.2) is 9.68 Å². The maximum Gasteiger partial charge on any atom is 0.326 e. The lowest BCUT2D eigenvalue weighted by Gasteiger charge is -2.34. The fourth-order valence-corrected chi connectivity index (χ4v) is 7.02. The summed E-state index contributed by atoms with van der Waals surface area (Å²) in [5.74, 6) is -2.01. The van der Waals surface area contributed by atoms with Crippen molar-refractivity contribution in [2.75, 3.05) is 0 Å². The van der Waals surface area contributed by atoms with Crippen molar-refractivity contribution in [2.24, 2.45) is 5.41 Å². The molecule has 0 amide bonds. The third-order valence-corrected chi connectivity index (χ3v) is 10.3. The first kappa shape index (κ1) is 50.7. The first-order chi connectivity index (χ1) is 24.9. The second-order valence-electron chi connectivity index (χ2n) is 20.0. The molecule has 0 aliphatic rings. The highest BCUT2D eigenvalue weighted by Gasteiger charge is 2.50. The third-order valence-electron chi connectivity index (χ3n) is 10.1. The minimum absolute atomic E-state index is 0.161. The number of carboxylic acid groups (broad SMARTS) is 1. The molecule has 2 aromatic rings. The molecule has 0 fully saturated rings. The zero-order valence-corrected chi connectivity index (χ0v) is 39.0. The molecule has 0 radical (unpaired) electrons. The monoisotopic (exact) mass is 803 g/mol. The van der Waals surface area contributed by atoms with Crippen molar-refractivity contribution in [3.63, 3.8) is 0 Å². The molecule has 3 N–H and O–H groups in total. The maximum absolute atomic E-state index is 14.0. The van der Waals surface area contributed by atoms with Gasteiger partial charge in [0, 0.05) is 0 Å². The van der Waals surface area contributed by atoms with Crippen LogP contribution in [0.2, 0.25) is 0 Å². The molecular weight excluding hydrogens is 725 g/mol. The number of carbonyl (C=O) groups excluding carboxylic acids is 1. The molecule has 2 aromatic carbocycles. The minimum Gasteiger partial charge on any atom is -0.507 e. The molecule has 0 aliphatic carbocycles. The number of hydrogen-bond acceptors (Lipinski definition) is 7. The van der Waals surface area contributed by atoms with Crippen LogP contribution in [-0.2, 0) is 48.8 Å². The van der Waals surface area contributed by atoms with Crippen LogP contribution in [0, 0.1) is 5.41 Å². The van der Waals surface area contributed by atoms with Gasteiger partial charge in [-0.25, -0.2) is 0 Å². The minimum atomic E-state index is -2.07. The summed E-state index contributed by atoms with van der Waals surface area (Å²) in [5.41, 5.74) is -0.108. The zero-order valence-electron chi connectivity index (χ0n) is 37.3. The number of esters is 1. The SMILES string of the molecule is CC(S)(S)OC(=O)C(Cc1cc(C(C)(C)C)c(O)c(C(C)(C)C)c1)(Cc1cc(C(C)(C)C)c(O)c(C(C)(C)C)c1)C(=O)O.CCCCCCCCCCCC. The first-order valence-corrected chi connectivity index (χ1v) is 21.5. The van der Waals surface area contributed by atoms with Gasteiger partial charge in [-0.05, 0) is 74.8 Å². The van der Waals surface area contributed by atoms with Gasteiger partial charge in [-0.1, -0.05) is 185 Å². The Morgan fingerprint density at radius 1 is 0.527 bits per heavy atom. The largest absolute Gasteiger partial charge is 0.507 e. The predicted molar refractivity (Wildman–Crippen MR) is 238 cm³/mol. The Labute approximate surface area is 346 Å². The van der Waals surface area contributed by atoms with Gasteiger partial charge in [0.2, 0.25) is 0 Å². The van der Waals surface area contributed by atoms with Crippen LogP contribution in [0.4, 0.5) is 0 Å². The second-order valence-corrected chi connectivity index (χ2v) is 22.0. The summed E-state index contributed by atoms with van der Waals surface area (Å²) in [5, 5.41) is 33.4. The predicted octanol–water partition coefficient (Wildman–Crippen LogP) is 13.1. The summed E-state index contributed by atoms with van der Waals surface area (Å²) in [7, 11) is 0. The van der Waals surface area contributed by atoms with E-state index < -0.39 is 43.3 Å². The summed E-state index contributed by atoms with van der Waals surface area (Å²) in [6.45, 7) is 29.7. The van der Waals surface area contributed by atoms with Gasteiger partial charge in [0.05, 0.1) is 0 Å². The molecule has 0 heterocycles. The summed E-state index contributed by atoms with van der Waals surface area (Å²) in [6.07, 6.45) is 14.0. The highest BCUT2D eigenvalue weighted by Crippen LogP contribution is 2.44. The second kappa shape index (κ2) is 20.4. The highest BCUT2D eigenvalue weighted by molar-refractivity contribution is 8.00. The first-order valence-electron chi connectivity index (χ1n) is 20.6. The van der Waals surface area contributed by atoms with Gasteiger partial charge in [-0.2, -0.15) is 0 Å². The van der Waals surface area contributed by atoms with Crippen LogP contribution >= 0.6 is 25.3 Å². The van der Waals surface area contributed by atoms with Gasteiger partial charge in [-0.3, -0.25) is 9.59 Å². The Hall–Kier alpha value is -2.32. The normalized spacial score (nSPS) is 13.0. The summed E-state index contributed by atoms with van der Waals surface area (Å²) in [4.78, 5) is 27.4. The number of unbranched alkanes of at least 4 members (excludes halogenated alkanes) is 9. The number of thiol groups is 2. The Kier molecular flexibility index (Phi) is 18.8. The average molecular weight is 803 g/mol. The van der Waals surface area contributed by atoms with E-state index in [2.05, 4.69) is 39.1 Å². The molecular formula is C47H78O6S2. The smallest absolute Gasteiger partial charge is 0.326 e. The van der Waals surface area contributed by atoms with Crippen molar-refractivity contribution >= 4 is 37.2 Å². The number of phenols is 2. The van der Waals surface area contributed by atoms with Gasteiger partial charge in [-0.15, -0.1) is 25.3 Å². The molecule has 55 heavy (non-hydrogen) atoms. The van der Waals surface area contributed by atoms with Gasteiger partial charge < -0.3 is 20.1 Å². The van der Waals surface area contributed by atoms with Crippen molar-refractivity contribution < 1.29 is 29.6 Å². The van der Waals surface area contributed by atoms with Crippen LogP contribution in [0.5, 0.6) is 11.5 Å². The number of benzene rings is 2. The average Bonchev–Trinajstić information content (AvgIpc) is 3.00. The standard InChI is InChI=1S/C35H52O6S2.C12H26/c1-30(2,3)22-14-20(15-23(26(22)36)31(4,5)6)18-35(28(38)39,29(40)41-34(13,42)43)19-21-16-24(32(7,8)9)27(37)25(17-21)33(10,11)12;1-3-5-7-9-11-12-10-8-6-4-2/h14-17,36-37,42-43H,18-19H2,1-13H3,(H,38,39);3-12H2,1-2H3. The van der Waals surface area contributed by atoms with E-state index in [0.717, 1.165) is 0 Å². The molecule has 2 rings (SSSR count). The molecule has 0 bridgehead atoms. The van der Waals surface area contributed by atoms with E-state index >= 15 is 0 Å². The Balaban J connectivity index is 0.00000108. The number of aromatic hydroxyl groups is 2. The molecule has 8 heteroatoms. The van der Waals surface area contributed by atoms with E-state index in [0.29, 0.717) is 33.4 Å². The molecule has 314 valence electrons. The summed E-state index contributed by atoms with van der Waals surface area (Å²) < 4.78 is 4.03. The Morgan fingerprint density at radius 3 is 0.982 bits per heavy atom. The topological polar surface area (TPSA) is 104 Å². The molecule has 0 atom stereocenters. The number of aliphatic carboxylic acids is 1. The van der Waals surface area contributed by atoms with Crippen LogP contribution in [0.1, 0.15) is 201 Å². The van der Waals surface area contributed by atoms with E-state index in [1.165, 1.54) is 71.1 Å². The molecule has 6 nitrogen and oxygen atoms in total. The Bertz CT molecular complexity index is 1380.